The maximum Gasteiger partial charge on any atom is 0.149 e. The van der Waals surface area contributed by atoms with Crippen LogP contribution < -0.4 is 10.2 Å². The Morgan fingerprint density at radius 3 is 2.95 bits per heavy atom. The van der Waals surface area contributed by atoms with Gasteiger partial charge in [0.1, 0.15) is 29.8 Å². The van der Waals surface area contributed by atoms with Crippen molar-refractivity contribution in [1.29, 1.82) is 0 Å². The van der Waals surface area contributed by atoms with Crippen molar-refractivity contribution in [3.63, 3.8) is 0 Å². The number of hydrogen-bond acceptors (Lipinski definition) is 4. The molecule has 1 atom stereocenters. The average Bonchev–Trinajstić information content (AvgIpc) is 2.51. The lowest BCUT2D eigenvalue weighted by Gasteiger charge is -2.35. The quantitative estimate of drug-likeness (QED) is 0.618. The van der Waals surface area contributed by atoms with Crippen LogP contribution in [0.2, 0.25) is 0 Å². The van der Waals surface area contributed by atoms with E-state index in [0.29, 0.717) is 30.9 Å². The van der Waals surface area contributed by atoms with Crippen LogP contribution in [0.15, 0.2) is 30.5 Å². The molecule has 114 valence electrons. The molecule has 0 fully saturated rings. The Hall–Kier alpha value is -1.77. The summed E-state index contributed by atoms with van der Waals surface area (Å²) in [7, 11) is 0. The molecule has 0 saturated carbocycles. The van der Waals surface area contributed by atoms with E-state index in [1.54, 1.807) is 11.1 Å². The first-order valence-corrected chi connectivity index (χ1v) is 7.74. The predicted molar refractivity (Wildman–Crippen MR) is 88.0 cm³/mol. The third-order valence-corrected chi connectivity index (χ3v) is 4.12. The molecule has 0 bridgehead atoms. The van der Waals surface area contributed by atoms with Gasteiger partial charge in [-0.2, -0.15) is 0 Å². The number of hydrogen-bond donors (Lipinski definition) is 1. The molecule has 2 aromatic rings. The van der Waals surface area contributed by atoms with E-state index in [4.69, 9.17) is 0 Å². The first kappa shape index (κ1) is 15.1. The van der Waals surface area contributed by atoms with Gasteiger partial charge in [0.05, 0.1) is 5.69 Å². The van der Waals surface area contributed by atoms with E-state index in [2.05, 4.69) is 32.9 Å². The van der Waals surface area contributed by atoms with E-state index in [-0.39, 0.29) is 5.56 Å². The lowest BCUT2D eigenvalue weighted by Crippen LogP contribution is -2.38. The molecule has 1 aliphatic heterocycles. The molecule has 1 aromatic carbocycles. The van der Waals surface area contributed by atoms with Gasteiger partial charge in [-0.05, 0) is 46.9 Å². The summed E-state index contributed by atoms with van der Waals surface area (Å²) < 4.78 is 28.4. The summed E-state index contributed by atoms with van der Waals surface area (Å²) in [6.45, 7) is 1.07. The van der Waals surface area contributed by atoms with Crippen molar-refractivity contribution >= 4 is 40.4 Å². The molecule has 1 unspecified atom stereocenters. The van der Waals surface area contributed by atoms with Gasteiger partial charge in [-0.3, -0.25) is 0 Å². The number of benzene rings is 1. The van der Waals surface area contributed by atoms with Crippen molar-refractivity contribution in [2.75, 3.05) is 23.3 Å². The second-order valence-electron chi connectivity index (χ2n) is 4.89. The summed E-state index contributed by atoms with van der Waals surface area (Å²) >= 11 is 2.12. The highest BCUT2D eigenvalue weighted by atomic mass is 127. The van der Waals surface area contributed by atoms with Crippen molar-refractivity contribution in [3.05, 3.63) is 51.2 Å². The molecule has 1 N–H and O–H groups in total. The summed E-state index contributed by atoms with van der Waals surface area (Å²) in [5, 5.41) is 3.14. The lowest BCUT2D eigenvalue weighted by molar-refractivity contribution is -0.109. The smallest absolute Gasteiger partial charge is 0.149 e. The van der Waals surface area contributed by atoms with Gasteiger partial charge >= 0.3 is 0 Å². The van der Waals surface area contributed by atoms with Crippen LogP contribution in [0.3, 0.4) is 0 Å². The fourth-order valence-corrected chi connectivity index (χ4v) is 2.98. The van der Waals surface area contributed by atoms with Gasteiger partial charge in [0.2, 0.25) is 0 Å². The molecule has 0 saturated heterocycles. The van der Waals surface area contributed by atoms with Gasteiger partial charge in [0.25, 0.3) is 0 Å². The van der Waals surface area contributed by atoms with Crippen LogP contribution in [0, 0.1) is 15.2 Å². The second kappa shape index (κ2) is 6.15. The number of carbonyl (C=O) groups excluding carboxylic acids is 1. The van der Waals surface area contributed by atoms with Crippen molar-refractivity contribution < 1.29 is 13.6 Å². The molecule has 0 radical (unpaired) electrons. The molecule has 3 rings (SSSR count). The number of rotatable bonds is 3. The summed E-state index contributed by atoms with van der Waals surface area (Å²) in [5.41, 5.74) is 0.737. The minimum absolute atomic E-state index is 0.0294. The maximum atomic E-state index is 14.0. The predicted octanol–water partition coefficient (Wildman–Crippen LogP) is 3.14. The van der Waals surface area contributed by atoms with E-state index < -0.39 is 17.7 Å². The topological polar surface area (TPSA) is 45.2 Å². The van der Waals surface area contributed by atoms with Crippen molar-refractivity contribution in [2.24, 2.45) is 0 Å². The standard InChI is InChI=1S/C15H12F2IN3O/c16-9-1-2-12(17)11(5-9)14(8-22)21-4-3-19-15-13(21)6-10(18)7-20-15/h1-2,5-8,14H,3-4H2,(H,19,20). The normalized spacial score (nSPS) is 15.0. The summed E-state index contributed by atoms with van der Waals surface area (Å²) in [4.78, 5) is 17.6. The number of nitrogens with one attached hydrogen (secondary N) is 1. The van der Waals surface area contributed by atoms with Crippen LogP contribution in [-0.2, 0) is 4.79 Å². The number of carbonyl (C=O) groups is 1. The number of nitrogens with zero attached hydrogens (tertiary/aromatic N) is 2. The summed E-state index contributed by atoms with van der Waals surface area (Å²) in [5.74, 6) is -0.535. The minimum Gasteiger partial charge on any atom is -0.367 e. The Kier molecular flexibility index (Phi) is 4.23. The molecule has 1 aromatic heterocycles. The van der Waals surface area contributed by atoms with Crippen LogP contribution in [0.1, 0.15) is 11.6 Å². The first-order valence-electron chi connectivity index (χ1n) is 6.66. The van der Waals surface area contributed by atoms with Gasteiger partial charge < -0.3 is 15.0 Å². The van der Waals surface area contributed by atoms with Crippen molar-refractivity contribution in [2.45, 2.75) is 6.04 Å². The Morgan fingerprint density at radius 2 is 2.18 bits per heavy atom. The van der Waals surface area contributed by atoms with Crippen LogP contribution in [0.4, 0.5) is 20.3 Å². The zero-order chi connectivity index (χ0) is 15.7. The van der Waals surface area contributed by atoms with Gasteiger partial charge in [0.15, 0.2) is 0 Å². The van der Waals surface area contributed by atoms with Gasteiger partial charge in [-0.15, -0.1) is 0 Å². The average molecular weight is 415 g/mol. The highest BCUT2D eigenvalue weighted by Crippen LogP contribution is 2.35. The lowest BCUT2D eigenvalue weighted by atomic mass is 10.0. The minimum atomic E-state index is -0.892. The van der Waals surface area contributed by atoms with Crippen LogP contribution in [0.25, 0.3) is 0 Å². The monoisotopic (exact) mass is 415 g/mol. The fourth-order valence-electron chi connectivity index (χ4n) is 2.54. The Bertz CT molecular complexity index is 726. The zero-order valence-electron chi connectivity index (χ0n) is 11.4. The molecule has 0 spiro atoms. The van der Waals surface area contributed by atoms with Crippen LogP contribution >= 0.6 is 22.6 Å². The van der Waals surface area contributed by atoms with Crippen LogP contribution in [0.5, 0.6) is 0 Å². The number of fused-ring (bicyclic) bond motifs is 1. The fraction of sp³-hybridized carbons (Fsp3) is 0.200. The van der Waals surface area contributed by atoms with Crippen molar-refractivity contribution in [1.82, 2.24) is 4.98 Å². The van der Waals surface area contributed by atoms with Gasteiger partial charge in [-0.25, -0.2) is 13.8 Å². The summed E-state index contributed by atoms with van der Waals surface area (Å²) in [6.07, 6.45) is 2.33. The molecule has 2 heterocycles. The third kappa shape index (κ3) is 2.77. The molecule has 1 aliphatic rings. The van der Waals surface area contributed by atoms with E-state index in [9.17, 15) is 13.6 Å². The SMILES string of the molecule is O=CC(c1cc(F)ccc1F)N1CCNc2ncc(I)cc21. The number of pyridine rings is 1. The van der Waals surface area contributed by atoms with Crippen molar-refractivity contribution in [3.8, 4) is 0 Å². The number of aldehydes is 1. The Morgan fingerprint density at radius 1 is 1.36 bits per heavy atom. The molecule has 22 heavy (non-hydrogen) atoms. The number of aromatic nitrogens is 1. The molecule has 0 amide bonds. The number of anilines is 2. The highest BCUT2D eigenvalue weighted by Gasteiger charge is 2.28. The Labute approximate surface area is 139 Å². The molecule has 7 heteroatoms. The van der Waals surface area contributed by atoms with E-state index >= 15 is 0 Å². The second-order valence-corrected chi connectivity index (χ2v) is 6.13. The molecular formula is C15H12F2IN3O. The van der Waals surface area contributed by atoms with E-state index in [1.807, 2.05) is 6.07 Å². The maximum absolute atomic E-state index is 14.0. The summed E-state index contributed by atoms with van der Waals surface area (Å²) in [6, 6.07) is 4.12. The number of halogens is 3. The largest absolute Gasteiger partial charge is 0.367 e. The Balaban J connectivity index is 2.07. The first-order chi connectivity index (χ1) is 10.6. The third-order valence-electron chi connectivity index (χ3n) is 3.53. The van der Waals surface area contributed by atoms with E-state index in [0.717, 1.165) is 21.8 Å². The zero-order valence-corrected chi connectivity index (χ0v) is 13.5. The van der Waals surface area contributed by atoms with Crippen LogP contribution in [-0.4, -0.2) is 24.4 Å². The van der Waals surface area contributed by atoms with Gasteiger partial charge in [0, 0.05) is 28.4 Å². The van der Waals surface area contributed by atoms with Gasteiger partial charge in [-0.1, -0.05) is 0 Å². The molecular weight excluding hydrogens is 403 g/mol. The molecule has 0 aliphatic carbocycles. The molecule has 4 nitrogen and oxygen atoms in total. The van der Waals surface area contributed by atoms with E-state index in [1.165, 1.54) is 0 Å². The highest BCUT2D eigenvalue weighted by molar-refractivity contribution is 14.1.